The van der Waals surface area contributed by atoms with Gasteiger partial charge >= 0.3 is 0 Å². The lowest BCUT2D eigenvalue weighted by molar-refractivity contribution is -0.303. The number of benzene rings is 1. The molecule has 1 amide bonds. The van der Waals surface area contributed by atoms with Crippen LogP contribution in [-0.4, -0.2) is 49.0 Å². The van der Waals surface area contributed by atoms with Crippen molar-refractivity contribution in [3.63, 3.8) is 0 Å². The normalized spacial score (nSPS) is 23.7. The quantitative estimate of drug-likeness (QED) is 0.858. The summed E-state index contributed by atoms with van der Waals surface area (Å²) in [5.74, 6) is 0.211. The van der Waals surface area contributed by atoms with Gasteiger partial charge in [0.1, 0.15) is 5.75 Å². The van der Waals surface area contributed by atoms with Gasteiger partial charge < -0.3 is 19.1 Å². The van der Waals surface area contributed by atoms with E-state index in [2.05, 4.69) is 0 Å². The average molecular weight is 305 g/mol. The Balaban J connectivity index is 1.51. The monoisotopic (exact) mass is 305 g/mol. The highest BCUT2D eigenvalue weighted by Crippen LogP contribution is 2.37. The molecule has 5 nitrogen and oxygen atoms in total. The van der Waals surface area contributed by atoms with Gasteiger partial charge in [-0.15, -0.1) is 0 Å². The molecule has 1 atom stereocenters. The van der Waals surface area contributed by atoms with Crippen LogP contribution in [0.15, 0.2) is 30.3 Å². The van der Waals surface area contributed by atoms with Crippen LogP contribution in [0.1, 0.15) is 20.8 Å². The zero-order chi connectivity index (χ0) is 15.8. The van der Waals surface area contributed by atoms with E-state index in [-0.39, 0.29) is 11.3 Å². The molecule has 0 aliphatic carbocycles. The summed E-state index contributed by atoms with van der Waals surface area (Å²) < 4.78 is 17.1. The Morgan fingerprint density at radius 3 is 2.36 bits per heavy atom. The minimum absolute atomic E-state index is 0.0133. The summed E-state index contributed by atoms with van der Waals surface area (Å²) in [6.45, 7) is 8.23. The molecular weight excluding hydrogens is 282 g/mol. The van der Waals surface area contributed by atoms with Crippen molar-refractivity contribution in [2.24, 2.45) is 5.41 Å². The summed E-state index contributed by atoms with van der Waals surface area (Å²) in [6.07, 6.45) is -0.485. The molecule has 0 aromatic heterocycles. The van der Waals surface area contributed by atoms with E-state index < -0.39 is 11.9 Å². The van der Waals surface area contributed by atoms with Gasteiger partial charge in [0.15, 0.2) is 11.9 Å². The molecule has 0 saturated carbocycles. The molecule has 0 N–H and O–H groups in total. The minimum atomic E-state index is -0.514. The van der Waals surface area contributed by atoms with Crippen LogP contribution in [0.5, 0.6) is 5.75 Å². The zero-order valence-corrected chi connectivity index (χ0v) is 13.4. The minimum Gasteiger partial charge on any atom is -0.481 e. The van der Waals surface area contributed by atoms with Gasteiger partial charge in [0.25, 0.3) is 5.91 Å². The van der Waals surface area contributed by atoms with Crippen molar-refractivity contribution in [3.8, 4) is 5.75 Å². The maximum atomic E-state index is 12.4. The fourth-order valence-corrected chi connectivity index (χ4v) is 2.85. The van der Waals surface area contributed by atoms with E-state index >= 15 is 0 Å². The van der Waals surface area contributed by atoms with E-state index in [4.69, 9.17) is 14.2 Å². The van der Waals surface area contributed by atoms with E-state index in [0.29, 0.717) is 32.1 Å². The Morgan fingerprint density at radius 1 is 1.18 bits per heavy atom. The molecule has 1 aromatic rings. The second-order valence-electron chi connectivity index (χ2n) is 6.74. The van der Waals surface area contributed by atoms with Crippen LogP contribution in [-0.2, 0) is 14.3 Å². The average Bonchev–Trinajstić information content (AvgIpc) is 2.46. The van der Waals surface area contributed by atoms with Crippen molar-refractivity contribution in [3.05, 3.63) is 30.3 Å². The third-order valence-electron chi connectivity index (χ3n) is 4.22. The first-order valence-corrected chi connectivity index (χ1v) is 7.68. The predicted octanol–water partition coefficient (Wildman–Crippen LogP) is 2.07. The van der Waals surface area contributed by atoms with E-state index in [1.54, 1.807) is 6.92 Å². The fraction of sp³-hybridized carbons (Fsp3) is 0.588. The first-order valence-electron chi connectivity index (χ1n) is 7.68. The lowest BCUT2D eigenvalue weighted by Crippen LogP contribution is -2.67. The summed E-state index contributed by atoms with van der Waals surface area (Å²) in [6, 6.07) is 9.41. The highest BCUT2D eigenvalue weighted by atomic mass is 16.7. The molecule has 2 fully saturated rings. The predicted molar refractivity (Wildman–Crippen MR) is 81.5 cm³/mol. The van der Waals surface area contributed by atoms with Gasteiger partial charge in [-0.2, -0.15) is 0 Å². The summed E-state index contributed by atoms with van der Waals surface area (Å²) in [5, 5.41) is 0. The van der Waals surface area contributed by atoms with E-state index in [9.17, 15) is 4.79 Å². The topological polar surface area (TPSA) is 48.0 Å². The first-order chi connectivity index (χ1) is 10.4. The van der Waals surface area contributed by atoms with Crippen molar-refractivity contribution < 1.29 is 19.0 Å². The number of likely N-dealkylation sites (tertiary alicyclic amines) is 1. The van der Waals surface area contributed by atoms with Crippen LogP contribution in [0.4, 0.5) is 0 Å². The Bertz CT molecular complexity index is 525. The van der Waals surface area contributed by atoms with Gasteiger partial charge in [-0.25, -0.2) is 0 Å². The molecule has 22 heavy (non-hydrogen) atoms. The van der Waals surface area contributed by atoms with Crippen molar-refractivity contribution in [2.45, 2.75) is 32.7 Å². The Labute approximate surface area is 131 Å². The molecule has 120 valence electrons. The second kappa shape index (κ2) is 5.56. The van der Waals surface area contributed by atoms with Crippen LogP contribution in [0.3, 0.4) is 0 Å². The Kier molecular flexibility index (Phi) is 3.87. The molecule has 2 heterocycles. The Hall–Kier alpha value is -1.59. The van der Waals surface area contributed by atoms with Crippen LogP contribution in [0.2, 0.25) is 0 Å². The van der Waals surface area contributed by atoms with Gasteiger partial charge in [0.05, 0.1) is 18.6 Å². The van der Waals surface area contributed by atoms with E-state index in [0.717, 1.165) is 0 Å². The van der Waals surface area contributed by atoms with Gasteiger partial charge in [-0.1, -0.05) is 18.2 Å². The number of rotatable bonds is 3. The van der Waals surface area contributed by atoms with Gasteiger partial charge in [-0.3, -0.25) is 4.79 Å². The maximum Gasteiger partial charge on any atom is 0.263 e. The number of hydrogen-bond donors (Lipinski definition) is 0. The molecule has 1 unspecified atom stereocenters. The Morgan fingerprint density at radius 2 is 1.77 bits per heavy atom. The third kappa shape index (κ3) is 3.10. The van der Waals surface area contributed by atoms with Crippen molar-refractivity contribution >= 4 is 5.91 Å². The lowest BCUT2D eigenvalue weighted by Gasteiger charge is -2.54. The molecule has 2 aliphatic heterocycles. The molecule has 2 aliphatic rings. The summed E-state index contributed by atoms with van der Waals surface area (Å²) >= 11 is 0. The van der Waals surface area contributed by atoms with Gasteiger partial charge in [0.2, 0.25) is 0 Å². The molecule has 5 heteroatoms. The first kappa shape index (κ1) is 15.3. The number of nitrogens with zero attached hydrogens (tertiary/aromatic N) is 1. The standard InChI is InChI=1S/C17H23NO4/c1-13(22-14-7-5-4-6-8-14)15(19)18-9-17(10-18)11-20-16(2,3)21-12-17/h4-8,13H,9-12H2,1-3H3. The molecule has 2 saturated heterocycles. The highest BCUT2D eigenvalue weighted by Gasteiger charge is 2.50. The summed E-state index contributed by atoms with van der Waals surface area (Å²) in [7, 11) is 0. The van der Waals surface area contributed by atoms with E-state index in [1.165, 1.54) is 0 Å². The molecule has 0 bridgehead atoms. The van der Waals surface area contributed by atoms with Crippen LogP contribution >= 0.6 is 0 Å². The lowest BCUT2D eigenvalue weighted by atomic mass is 9.80. The smallest absolute Gasteiger partial charge is 0.263 e. The largest absolute Gasteiger partial charge is 0.481 e. The van der Waals surface area contributed by atoms with Crippen LogP contribution in [0, 0.1) is 5.41 Å². The van der Waals surface area contributed by atoms with Crippen molar-refractivity contribution in [1.29, 1.82) is 0 Å². The number of amides is 1. The van der Waals surface area contributed by atoms with Gasteiger partial charge in [0, 0.05) is 13.1 Å². The number of carbonyl (C=O) groups is 1. The molecule has 0 radical (unpaired) electrons. The van der Waals surface area contributed by atoms with Gasteiger partial charge in [-0.05, 0) is 32.9 Å². The number of ether oxygens (including phenoxy) is 3. The second-order valence-corrected chi connectivity index (χ2v) is 6.74. The highest BCUT2D eigenvalue weighted by molar-refractivity contribution is 5.81. The van der Waals surface area contributed by atoms with Crippen molar-refractivity contribution in [1.82, 2.24) is 4.90 Å². The zero-order valence-electron chi connectivity index (χ0n) is 13.4. The molecule has 3 rings (SSSR count). The number of carbonyl (C=O) groups excluding carboxylic acids is 1. The number of hydrogen-bond acceptors (Lipinski definition) is 4. The van der Waals surface area contributed by atoms with Crippen molar-refractivity contribution in [2.75, 3.05) is 26.3 Å². The number of para-hydroxylation sites is 1. The third-order valence-corrected chi connectivity index (χ3v) is 4.22. The molecular formula is C17H23NO4. The maximum absolute atomic E-state index is 12.4. The fourth-order valence-electron chi connectivity index (χ4n) is 2.85. The van der Waals surface area contributed by atoms with E-state index in [1.807, 2.05) is 49.1 Å². The van der Waals surface area contributed by atoms with Crippen LogP contribution in [0.25, 0.3) is 0 Å². The molecule has 1 spiro atoms. The molecule has 1 aromatic carbocycles. The summed E-state index contributed by atoms with van der Waals surface area (Å²) in [4.78, 5) is 14.2. The summed E-state index contributed by atoms with van der Waals surface area (Å²) in [5.41, 5.74) is -0.0440. The van der Waals surface area contributed by atoms with Crippen LogP contribution < -0.4 is 4.74 Å². The SMILES string of the molecule is CC(Oc1ccccc1)C(=O)N1CC2(COC(C)(C)OC2)C1.